The number of benzene rings is 2. The first-order chi connectivity index (χ1) is 14.9. The van der Waals surface area contributed by atoms with Gasteiger partial charge < -0.3 is 4.90 Å². The van der Waals surface area contributed by atoms with Crippen molar-refractivity contribution in [1.29, 1.82) is 0 Å². The van der Waals surface area contributed by atoms with Crippen LogP contribution in [0.1, 0.15) is 21.8 Å². The molecule has 8 heteroatoms. The van der Waals surface area contributed by atoms with Crippen molar-refractivity contribution in [2.75, 3.05) is 26.2 Å². The standard InChI is InChI=1S/C23H25N3O3S2/c1-18-7-9-21(10-8-18)31(28,29)26-13-11-25(12-14-26)23(27)16-20-17-30-22(24-20)15-19-5-3-2-4-6-19/h2-10,17H,11-16H2,1H3. The summed E-state index contributed by atoms with van der Waals surface area (Å²) in [5.41, 5.74) is 2.99. The van der Waals surface area contributed by atoms with Gasteiger partial charge in [-0.15, -0.1) is 11.3 Å². The van der Waals surface area contributed by atoms with E-state index < -0.39 is 10.0 Å². The molecule has 0 atom stereocenters. The fourth-order valence-corrected chi connectivity index (χ4v) is 5.84. The van der Waals surface area contributed by atoms with E-state index in [0.717, 1.165) is 22.7 Å². The molecule has 6 nitrogen and oxygen atoms in total. The Balaban J connectivity index is 1.32. The van der Waals surface area contributed by atoms with Crippen LogP contribution in [0.5, 0.6) is 0 Å². The first kappa shape index (κ1) is 21.7. The number of thiazole rings is 1. The van der Waals surface area contributed by atoms with E-state index >= 15 is 0 Å². The number of carbonyl (C=O) groups is 1. The molecule has 0 bridgehead atoms. The van der Waals surface area contributed by atoms with Crippen LogP contribution < -0.4 is 0 Å². The van der Waals surface area contributed by atoms with Crippen molar-refractivity contribution < 1.29 is 13.2 Å². The van der Waals surface area contributed by atoms with Gasteiger partial charge >= 0.3 is 0 Å². The molecule has 1 aromatic heterocycles. The Morgan fingerprint density at radius 2 is 1.68 bits per heavy atom. The topological polar surface area (TPSA) is 70.6 Å². The summed E-state index contributed by atoms with van der Waals surface area (Å²) in [6, 6.07) is 17.0. The third-order valence-electron chi connectivity index (χ3n) is 5.38. The minimum atomic E-state index is -3.53. The van der Waals surface area contributed by atoms with Gasteiger partial charge in [0.2, 0.25) is 15.9 Å². The summed E-state index contributed by atoms with van der Waals surface area (Å²) >= 11 is 1.57. The van der Waals surface area contributed by atoms with Crippen LogP contribution in [-0.2, 0) is 27.7 Å². The monoisotopic (exact) mass is 455 g/mol. The second kappa shape index (κ2) is 9.30. The number of sulfonamides is 1. The zero-order valence-electron chi connectivity index (χ0n) is 17.4. The Labute approximate surface area is 187 Å². The number of carbonyl (C=O) groups excluding carboxylic acids is 1. The molecule has 1 saturated heterocycles. The van der Waals surface area contributed by atoms with Crippen molar-refractivity contribution in [3.63, 3.8) is 0 Å². The molecule has 4 rings (SSSR count). The lowest BCUT2D eigenvalue weighted by Gasteiger charge is -2.34. The molecule has 1 aliphatic heterocycles. The summed E-state index contributed by atoms with van der Waals surface area (Å²) in [4.78, 5) is 19.4. The molecule has 0 aliphatic carbocycles. The zero-order chi connectivity index (χ0) is 21.8. The highest BCUT2D eigenvalue weighted by molar-refractivity contribution is 7.89. The van der Waals surface area contributed by atoms with Crippen LogP contribution in [0.4, 0.5) is 0 Å². The van der Waals surface area contributed by atoms with Crippen molar-refractivity contribution >= 4 is 27.3 Å². The predicted molar refractivity (Wildman–Crippen MR) is 122 cm³/mol. The number of hydrogen-bond donors (Lipinski definition) is 0. The predicted octanol–water partition coefficient (Wildman–Crippen LogP) is 3.12. The highest BCUT2D eigenvalue weighted by atomic mass is 32.2. The van der Waals surface area contributed by atoms with Crippen molar-refractivity contribution in [2.45, 2.75) is 24.7 Å². The molecule has 0 saturated carbocycles. The quantitative estimate of drug-likeness (QED) is 0.573. The lowest BCUT2D eigenvalue weighted by Crippen LogP contribution is -2.50. The van der Waals surface area contributed by atoms with Crippen molar-refractivity contribution in [3.05, 3.63) is 81.8 Å². The van der Waals surface area contributed by atoms with Crippen LogP contribution in [0.15, 0.2) is 64.9 Å². The Bertz CT molecular complexity index is 1130. The van der Waals surface area contributed by atoms with Gasteiger partial charge in [0.25, 0.3) is 0 Å². The SMILES string of the molecule is Cc1ccc(S(=O)(=O)N2CCN(C(=O)Cc3csc(Cc4ccccc4)n3)CC2)cc1. The number of nitrogens with zero attached hydrogens (tertiary/aromatic N) is 3. The Morgan fingerprint density at radius 3 is 2.35 bits per heavy atom. The molecule has 1 fully saturated rings. The van der Waals surface area contributed by atoms with Crippen LogP contribution in [0.3, 0.4) is 0 Å². The summed E-state index contributed by atoms with van der Waals surface area (Å²) in [5.74, 6) is -0.0102. The number of aromatic nitrogens is 1. The van der Waals surface area contributed by atoms with Gasteiger partial charge in [0.05, 0.1) is 22.0 Å². The van der Waals surface area contributed by atoms with E-state index in [9.17, 15) is 13.2 Å². The van der Waals surface area contributed by atoms with E-state index in [4.69, 9.17) is 0 Å². The summed E-state index contributed by atoms with van der Waals surface area (Å²) in [6.07, 6.45) is 1.01. The van der Waals surface area contributed by atoms with Crippen LogP contribution in [0, 0.1) is 6.92 Å². The first-order valence-corrected chi connectivity index (χ1v) is 12.6. The maximum atomic E-state index is 12.8. The van der Waals surface area contributed by atoms with Crippen LogP contribution >= 0.6 is 11.3 Å². The molecule has 162 valence electrons. The van der Waals surface area contributed by atoms with Crippen molar-refractivity contribution in [2.24, 2.45) is 0 Å². The van der Waals surface area contributed by atoms with Crippen molar-refractivity contribution in [1.82, 2.24) is 14.2 Å². The van der Waals surface area contributed by atoms with Crippen LogP contribution in [0.2, 0.25) is 0 Å². The maximum Gasteiger partial charge on any atom is 0.243 e. The largest absolute Gasteiger partial charge is 0.340 e. The Morgan fingerprint density at radius 1 is 1.00 bits per heavy atom. The summed E-state index contributed by atoms with van der Waals surface area (Å²) in [7, 11) is -3.53. The minimum Gasteiger partial charge on any atom is -0.340 e. The van der Waals surface area contributed by atoms with E-state index in [2.05, 4.69) is 17.1 Å². The maximum absolute atomic E-state index is 12.8. The van der Waals surface area contributed by atoms with E-state index in [1.807, 2.05) is 30.5 Å². The van der Waals surface area contributed by atoms with E-state index in [-0.39, 0.29) is 12.3 Å². The van der Waals surface area contributed by atoms with E-state index in [1.165, 1.54) is 9.87 Å². The number of hydrogen-bond acceptors (Lipinski definition) is 5. The molecule has 1 aliphatic rings. The molecule has 0 radical (unpaired) electrons. The molecule has 0 spiro atoms. The Hall–Kier alpha value is -2.55. The van der Waals surface area contributed by atoms with Gasteiger partial charge in [0.15, 0.2) is 0 Å². The fourth-order valence-electron chi connectivity index (χ4n) is 3.59. The van der Waals surface area contributed by atoms with Crippen LogP contribution in [-0.4, -0.2) is 54.7 Å². The van der Waals surface area contributed by atoms with Gasteiger partial charge in [0.1, 0.15) is 0 Å². The average Bonchev–Trinajstić information content (AvgIpc) is 3.21. The second-order valence-electron chi connectivity index (χ2n) is 7.67. The molecule has 1 amide bonds. The van der Waals surface area contributed by atoms with E-state index in [0.29, 0.717) is 31.1 Å². The van der Waals surface area contributed by atoms with Crippen LogP contribution in [0.25, 0.3) is 0 Å². The Kier molecular flexibility index (Phi) is 6.50. The normalized spacial score (nSPS) is 15.2. The summed E-state index contributed by atoms with van der Waals surface area (Å²) in [5, 5.41) is 2.93. The zero-order valence-corrected chi connectivity index (χ0v) is 19.0. The lowest BCUT2D eigenvalue weighted by atomic mass is 10.2. The fraction of sp³-hybridized carbons (Fsp3) is 0.304. The number of amides is 1. The lowest BCUT2D eigenvalue weighted by molar-refractivity contribution is -0.131. The molecular formula is C23H25N3O3S2. The van der Waals surface area contributed by atoms with Gasteiger partial charge in [-0.2, -0.15) is 4.31 Å². The first-order valence-electron chi connectivity index (χ1n) is 10.2. The van der Waals surface area contributed by atoms with Gasteiger partial charge in [-0.05, 0) is 24.6 Å². The molecule has 31 heavy (non-hydrogen) atoms. The van der Waals surface area contributed by atoms with Crippen molar-refractivity contribution in [3.8, 4) is 0 Å². The highest BCUT2D eigenvalue weighted by Gasteiger charge is 2.30. The van der Waals surface area contributed by atoms with Gasteiger partial charge in [0, 0.05) is 38.0 Å². The third kappa shape index (κ3) is 5.20. The summed E-state index contributed by atoms with van der Waals surface area (Å²) < 4.78 is 27.1. The number of aryl methyl sites for hydroxylation is 1. The average molecular weight is 456 g/mol. The van der Waals surface area contributed by atoms with E-state index in [1.54, 1.807) is 40.5 Å². The minimum absolute atomic E-state index is 0.0102. The molecule has 0 unspecified atom stereocenters. The summed E-state index contributed by atoms with van der Waals surface area (Å²) in [6.45, 7) is 3.32. The number of rotatable bonds is 6. The smallest absolute Gasteiger partial charge is 0.243 e. The van der Waals surface area contributed by atoms with Gasteiger partial charge in [-0.25, -0.2) is 13.4 Å². The molecular weight excluding hydrogens is 430 g/mol. The van der Waals surface area contributed by atoms with Gasteiger partial charge in [-0.3, -0.25) is 4.79 Å². The molecule has 2 aromatic carbocycles. The molecule has 0 N–H and O–H groups in total. The highest BCUT2D eigenvalue weighted by Crippen LogP contribution is 2.19. The molecule has 2 heterocycles. The second-order valence-corrected chi connectivity index (χ2v) is 10.6. The molecule has 3 aromatic rings. The number of piperazine rings is 1. The van der Waals surface area contributed by atoms with Gasteiger partial charge in [-0.1, -0.05) is 48.0 Å². The third-order valence-corrected chi connectivity index (χ3v) is 8.19.